The highest BCUT2D eigenvalue weighted by atomic mass is 16.3. The van der Waals surface area contributed by atoms with Crippen LogP contribution in [-0.4, -0.2) is 32.6 Å². The van der Waals surface area contributed by atoms with E-state index in [0.717, 1.165) is 31.8 Å². The molecule has 1 aliphatic heterocycles. The molecule has 3 rings (SSSR count). The maximum atomic E-state index is 10.6. The summed E-state index contributed by atoms with van der Waals surface area (Å²) in [5.74, 6) is 1.09. The molecule has 0 spiro atoms. The van der Waals surface area contributed by atoms with Gasteiger partial charge in [-0.15, -0.1) is 0 Å². The van der Waals surface area contributed by atoms with E-state index in [4.69, 9.17) is 0 Å². The fourth-order valence-electron chi connectivity index (χ4n) is 3.64. The van der Waals surface area contributed by atoms with Gasteiger partial charge >= 0.3 is 0 Å². The highest BCUT2D eigenvalue weighted by molar-refractivity contribution is 5.24. The Morgan fingerprint density at radius 2 is 2.00 bits per heavy atom. The smallest absolute Gasteiger partial charge is 0.137 e. The molecule has 0 bridgehead atoms. The molecular formula is C19H27N3O. The van der Waals surface area contributed by atoms with Crippen molar-refractivity contribution in [1.29, 1.82) is 0 Å². The van der Waals surface area contributed by atoms with Crippen molar-refractivity contribution in [3.8, 4) is 0 Å². The summed E-state index contributed by atoms with van der Waals surface area (Å²) in [7, 11) is 1.94. The van der Waals surface area contributed by atoms with Gasteiger partial charge in [-0.05, 0) is 51.3 Å². The normalized spacial score (nSPS) is 19.7. The third kappa shape index (κ3) is 3.48. The first-order chi connectivity index (χ1) is 11.1. The monoisotopic (exact) mass is 313 g/mol. The molecular weight excluding hydrogens is 286 g/mol. The van der Waals surface area contributed by atoms with E-state index in [-0.39, 0.29) is 0 Å². The first kappa shape index (κ1) is 16.2. The molecule has 0 amide bonds. The Morgan fingerprint density at radius 1 is 1.26 bits per heavy atom. The van der Waals surface area contributed by atoms with E-state index >= 15 is 0 Å². The first-order valence-corrected chi connectivity index (χ1v) is 8.52. The molecule has 2 atom stereocenters. The SMILES string of the molecule is Cc1cccc(C(C)N2CCC(C(O)c3nccn3C)CC2)c1. The summed E-state index contributed by atoms with van der Waals surface area (Å²) < 4.78 is 1.92. The molecule has 0 saturated carbocycles. The average molecular weight is 313 g/mol. The van der Waals surface area contributed by atoms with Gasteiger partial charge in [0.2, 0.25) is 0 Å². The summed E-state index contributed by atoms with van der Waals surface area (Å²) >= 11 is 0. The fraction of sp³-hybridized carbons (Fsp3) is 0.526. The molecule has 1 N–H and O–H groups in total. The van der Waals surface area contributed by atoms with Gasteiger partial charge in [-0.2, -0.15) is 0 Å². The Kier molecular flexibility index (Phi) is 4.83. The zero-order valence-electron chi connectivity index (χ0n) is 14.3. The van der Waals surface area contributed by atoms with Gasteiger partial charge in [0, 0.05) is 25.5 Å². The average Bonchev–Trinajstić information content (AvgIpc) is 3.00. The Labute approximate surface area is 138 Å². The maximum absolute atomic E-state index is 10.6. The van der Waals surface area contributed by atoms with Crippen molar-refractivity contribution in [3.05, 3.63) is 53.6 Å². The number of imidazole rings is 1. The number of piperidine rings is 1. The predicted molar refractivity (Wildman–Crippen MR) is 92.1 cm³/mol. The number of aliphatic hydroxyl groups is 1. The van der Waals surface area contributed by atoms with Crippen LogP contribution in [0.5, 0.6) is 0 Å². The standard InChI is InChI=1S/C19H27N3O/c1-14-5-4-6-17(13-14)15(2)22-10-7-16(8-11-22)18(23)19-20-9-12-21(19)3/h4-6,9,12-13,15-16,18,23H,7-8,10-11H2,1-3H3. The zero-order chi connectivity index (χ0) is 16.4. The molecule has 4 heteroatoms. The van der Waals surface area contributed by atoms with Crippen LogP contribution in [0.2, 0.25) is 0 Å². The quantitative estimate of drug-likeness (QED) is 0.942. The van der Waals surface area contributed by atoms with Crippen LogP contribution >= 0.6 is 0 Å². The number of benzene rings is 1. The predicted octanol–water partition coefficient (Wildman–Crippen LogP) is 3.24. The van der Waals surface area contributed by atoms with Crippen molar-refractivity contribution in [2.75, 3.05) is 13.1 Å². The number of nitrogens with zero attached hydrogens (tertiary/aromatic N) is 3. The minimum Gasteiger partial charge on any atom is -0.385 e. The van der Waals surface area contributed by atoms with Gasteiger partial charge < -0.3 is 9.67 Å². The minimum atomic E-state index is -0.452. The molecule has 2 aromatic rings. The minimum absolute atomic E-state index is 0.303. The van der Waals surface area contributed by atoms with E-state index in [0.29, 0.717) is 12.0 Å². The summed E-state index contributed by atoms with van der Waals surface area (Å²) in [6.07, 6.45) is 5.24. The van der Waals surface area contributed by atoms with Crippen molar-refractivity contribution in [1.82, 2.24) is 14.5 Å². The molecule has 1 aliphatic rings. The number of hydrogen-bond donors (Lipinski definition) is 1. The van der Waals surface area contributed by atoms with Crippen LogP contribution in [0.1, 0.15) is 48.9 Å². The first-order valence-electron chi connectivity index (χ1n) is 8.52. The summed E-state index contributed by atoms with van der Waals surface area (Å²) in [5.41, 5.74) is 2.70. The highest BCUT2D eigenvalue weighted by Crippen LogP contribution is 2.33. The van der Waals surface area contributed by atoms with E-state index in [2.05, 4.69) is 48.0 Å². The van der Waals surface area contributed by atoms with Crippen LogP contribution in [0.25, 0.3) is 0 Å². The number of aromatic nitrogens is 2. The second-order valence-electron chi connectivity index (χ2n) is 6.80. The zero-order valence-corrected chi connectivity index (χ0v) is 14.3. The number of aryl methyl sites for hydroxylation is 2. The lowest BCUT2D eigenvalue weighted by Crippen LogP contribution is -2.37. The molecule has 2 unspecified atom stereocenters. The van der Waals surface area contributed by atoms with Gasteiger partial charge in [0.1, 0.15) is 11.9 Å². The number of likely N-dealkylation sites (tertiary alicyclic amines) is 1. The number of aliphatic hydroxyl groups excluding tert-OH is 1. The molecule has 1 fully saturated rings. The van der Waals surface area contributed by atoms with Crippen LogP contribution in [0.3, 0.4) is 0 Å². The van der Waals surface area contributed by atoms with Crippen LogP contribution in [0.4, 0.5) is 0 Å². The topological polar surface area (TPSA) is 41.3 Å². The van der Waals surface area contributed by atoms with Gasteiger partial charge in [-0.3, -0.25) is 4.90 Å². The lowest BCUT2D eigenvalue weighted by molar-refractivity contribution is 0.0406. The van der Waals surface area contributed by atoms with E-state index in [9.17, 15) is 5.11 Å². The molecule has 1 aromatic heterocycles. The Balaban J connectivity index is 1.61. The van der Waals surface area contributed by atoms with Crippen molar-refractivity contribution in [2.24, 2.45) is 13.0 Å². The van der Waals surface area contributed by atoms with Crippen LogP contribution in [0, 0.1) is 12.8 Å². The number of hydrogen-bond acceptors (Lipinski definition) is 3. The third-order valence-electron chi connectivity index (χ3n) is 5.22. The molecule has 1 saturated heterocycles. The van der Waals surface area contributed by atoms with Gasteiger partial charge in [0.05, 0.1) is 0 Å². The van der Waals surface area contributed by atoms with Crippen LogP contribution < -0.4 is 0 Å². The van der Waals surface area contributed by atoms with E-state index in [1.54, 1.807) is 6.20 Å². The van der Waals surface area contributed by atoms with Gasteiger partial charge in [-0.25, -0.2) is 4.98 Å². The Morgan fingerprint density at radius 3 is 2.61 bits per heavy atom. The maximum Gasteiger partial charge on any atom is 0.137 e. The number of rotatable bonds is 4. The molecule has 4 nitrogen and oxygen atoms in total. The molecule has 0 aliphatic carbocycles. The van der Waals surface area contributed by atoms with Crippen molar-refractivity contribution in [2.45, 2.75) is 38.8 Å². The highest BCUT2D eigenvalue weighted by Gasteiger charge is 2.30. The van der Waals surface area contributed by atoms with E-state index < -0.39 is 6.10 Å². The van der Waals surface area contributed by atoms with Crippen LogP contribution in [0.15, 0.2) is 36.7 Å². The Bertz CT molecular complexity index is 644. The second-order valence-corrected chi connectivity index (χ2v) is 6.80. The van der Waals surface area contributed by atoms with Crippen molar-refractivity contribution < 1.29 is 5.11 Å². The molecule has 0 radical (unpaired) electrons. The molecule has 1 aromatic carbocycles. The van der Waals surface area contributed by atoms with Gasteiger partial charge in [0.25, 0.3) is 0 Å². The second kappa shape index (κ2) is 6.85. The summed E-state index contributed by atoms with van der Waals surface area (Å²) in [6, 6.07) is 9.21. The fourth-order valence-corrected chi connectivity index (χ4v) is 3.64. The van der Waals surface area contributed by atoms with Gasteiger partial charge in [-0.1, -0.05) is 29.8 Å². The summed E-state index contributed by atoms with van der Waals surface area (Å²) in [4.78, 5) is 6.83. The molecule has 2 heterocycles. The lowest BCUT2D eigenvalue weighted by atomic mass is 9.89. The molecule has 124 valence electrons. The lowest BCUT2D eigenvalue weighted by Gasteiger charge is -2.37. The summed E-state index contributed by atoms with van der Waals surface area (Å²) in [5, 5.41) is 10.6. The van der Waals surface area contributed by atoms with Crippen LogP contribution in [-0.2, 0) is 7.05 Å². The molecule has 23 heavy (non-hydrogen) atoms. The van der Waals surface area contributed by atoms with Crippen molar-refractivity contribution in [3.63, 3.8) is 0 Å². The summed E-state index contributed by atoms with van der Waals surface area (Å²) in [6.45, 7) is 6.48. The van der Waals surface area contributed by atoms with Gasteiger partial charge in [0.15, 0.2) is 0 Å². The largest absolute Gasteiger partial charge is 0.385 e. The van der Waals surface area contributed by atoms with E-state index in [1.165, 1.54) is 11.1 Å². The third-order valence-corrected chi connectivity index (χ3v) is 5.22. The van der Waals surface area contributed by atoms with Crippen molar-refractivity contribution >= 4 is 0 Å². The van der Waals surface area contributed by atoms with E-state index in [1.807, 2.05) is 17.8 Å². The Hall–Kier alpha value is -1.65.